The molecule has 4 heteroatoms. The third-order valence-electron chi connectivity index (χ3n) is 2.08. The lowest BCUT2D eigenvalue weighted by Crippen LogP contribution is -2.21. The smallest absolute Gasteiger partial charge is 0.287 e. The number of furan rings is 1. The van der Waals surface area contributed by atoms with Gasteiger partial charge in [-0.15, -0.1) is 0 Å². The average Bonchev–Trinajstić information content (AvgIpc) is 2.84. The van der Waals surface area contributed by atoms with Crippen LogP contribution in [-0.2, 0) is 6.54 Å². The first-order chi connectivity index (χ1) is 7.25. The Hall–Kier alpha value is -1.97. The van der Waals surface area contributed by atoms with Gasteiger partial charge in [0, 0.05) is 18.9 Å². The second kappa shape index (κ2) is 4.04. The number of amides is 1. The van der Waals surface area contributed by atoms with Crippen LogP contribution in [0.2, 0.25) is 0 Å². The molecule has 15 heavy (non-hydrogen) atoms. The summed E-state index contributed by atoms with van der Waals surface area (Å²) in [6.45, 7) is 2.31. The zero-order valence-corrected chi connectivity index (χ0v) is 8.41. The molecule has 0 saturated carbocycles. The number of aryl methyl sites for hydroxylation is 1. The topological polar surface area (TPSA) is 58.0 Å². The molecular formula is C11H12N2O2. The van der Waals surface area contributed by atoms with E-state index < -0.39 is 0 Å². The van der Waals surface area contributed by atoms with Gasteiger partial charge in [0.1, 0.15) is 5.76 Å². The van der Waals surface area contributed by atoms with Gasteiger partial charge < -0.3 is 14.7 Å². The van der Waals surface area contributed by atoms with Crippen molar-refractivity contribution in [3.8, 4) is 0 Å². The summed E-state index contributed by atoms with van der Waals surface area (Å²) in [7, 11) is 0. The number of nitrogens with one attached hydrogen (secondary N) is 2. The first kappa shape index (κ1) is 9.58. The lowest BCUT2D eigenvalue weighted by molar-refractivity contribution is 0.0922. The van der Waals surface area contributed by atoms with Crippen LogP contribution in [0.15, 0.2) is 35.0 Å². The van der Waals surface area contributed by atoms with Gasteiger partial charge in [-0.1, -0.05) is 0 Å². The summed E-state index contributed by atoms with van der Waals surface area (Å²) in [5.74, 6) is 0.897. The van der Waals surface area contributed by atoms with Crippen molar-refractivity contribution in [2.24, 2.45) is 0 Å². The molecule has 0 atom stereocenters. The summed E-state index contributed by atoms with van der Waals surface area (Å²) < 4.78 is 5.20. The molecule has 0 bridgehead atoms. The van der Waals surface area contributed by atoms with Crippen molar-refractivity contribution in [1.82, 2.24) is 10.3 Å². The van der Waals surface area contributed by atoms with Gasteiger partial charge >= 0.3 is 0 Å². The fourth-order valence-corrected chi connectivity index (χ4v) is 1.29. The normalized spacial score (nSPS) is 10.2. The van der Waals surface area contributed by atoms with Crippen LogP contribution in [0.25, 0.3) is 0 Å². The van der Waals surface area contributed by atoms with Crippen LogP contribution in [-0.4, -0.2) is 10.9 Å². The van der Waals surface area contributed by atoms with Crippen molar-refractivity contribution in [2.45, 2.75) is 13.5 Å². The van der Waals surface area contributed by atoms with Crippen LogP contribution in [0.4, 0.5) is 0 Å². The van der Waals surface area contributed by atoms with Crippen molar-refractivity contribution in [3.05, 3.63) is 47.7 Å². The van der Waals surface area contributed by atoms with E-state index in [1.54, 1.807) is 12.1 Å². The maximum absolute atomic E-state index is 11.5. The van der Waals surface area contributed by atoms with Gasteiger partial charge in [0.05, 0.1) is 0 Å². The molecule has 0 aliphatic rings. The van der Waals surface area contributed by atoms with Gasteiger partial charge in [-0.25, -0.2) is 0 Å². The fraction of sp³-hybridized carbons (Fsp3) is 0.182. The lowest BCUT2D eigenvalue weighted by Gasteiger charge is -2.00. The monoisotopic (exact) mass is 204 g/mol. The van der Waals surface area contributed by atoms with E-state index in [-0.39, 0.29) is 5.91 Å². The molecule has 0 aliphatic heterocycles. The van der Waals surface area contributed by atoms with E-state index in [0.717, 1.165) is 11.3 Å². The fourth-order valence-electron chi connectivity index (χ4n) is 1.29. The summed E-state index contributed by atoms with van der Waals surface area (Å²) in [5.41, 5.74) is 1.03. The van der Waals surface area contributed by atoms with Crippen LogP contribution < -0.4 is 5.32 Å². The standard InChI is InChI=1S/C11H12N2O2/c1-8-2-3-10(15-8)11(14)13-7-9-4-5-12-6-9/h2-6,12H,7H2,1H3,(H,13,14). The second-order valence-electron chi connectivity index (χ2n) is 3.31. The molecule has 0 aliphatic carbocycles. The Kier molecular flexibility index (Phi) is 2.58. The predicted molar refractivity (Wildman–Crippen MR) is 55.4 cm³/mol. The van der Waals surface area contributed by atoms with E-state index in [9.17, 15) is 4.79 Å². The zero-order valence-electron chi connectivity index (χ0n) is 8.41. The molecule has 0 radical (unpaired) electrons. The van der Waals surface area contributed by atoms with Crippen molar-refractivity contribution >= 4 is 5.91 Å². The SMILES string of the molecule is Cc1ccc(C(=O)NCc2cc[nH]c2)o1. The minimum atomic E-state index is -0.190. The molecular weight excluding hydrogens is 192 g/mol. The third kappa shape index (κ3) is 2.28. The molecule has 0 unspecified atom stereocenters. The van der Waals surface area contributed by atoms with E-state index in [1.165, 1.54) is 0 Å². The molecule has 0 spiro atoms. The number of carbonyl (C=O) groups excluding carboxylic acids is 1. The van der Waals surface area contributed by atoms with E-state index in [4.69, 9.17) is 4.42 Å². The molecule has 2 N–H and O–H groups in total. The summed E-state index contributed by atoms with van der Waals surface area (Å²) in [6, 6.07) is 5.35. The Bertz CT molecular complexity index is 443. The first-order valence-electron chi connectivity index (χ1n) is 4.72. The van der Waals surface area contributed by atoms with Crippen molar-refractivity contribution < 1.29 is 9.21 Å². The Morgan fingerprint density at radius 2 is 2.33 bits per heavy atom. The highest BCUT2D eigenvalue weighted by Crippen LogP contribution is 2.06. The Labute approximate surface area is 87.3 Å². The van der Waals surface area contributed by atoms with Crippen LogP contribution >= 0.6 is 0 Å². The number of carbonyl (C=O) groups is 1. The molecule has 2 aromatic rings. The van der Waals surface area contributed by atoms with Crippen LogP contribution in [0.5, 0.6) is 0 Å². The third-order valence-corrected chi connectivity index (χ3v) is 2.08. The van der Waals surface area contributed by atoms with E-state index in [0.29, 0.717) is 12.3 Å². The molecule has 2 aromatic heterocycles. The maximum atomic E-state index is 11.5. The average molecular weight is 204 g/mol. The van der Waals surface area contributed by atoms with Gasteiger partial charge in [-0.05, 0) is 30.7 Å². The summed E-state index contributed by atoms with van der Waals surface area (Å²) in [4.78, 5) is 14.5. The van der Waals surface area contributed by atoms with Gasteiger partial charge in [0.15, 0.2) is 5.76 Å². The predicted octanol–water partition coefficient (Wildman–Crippen LogP) is 1.85. The number of aromatic amines is 1. The number of hydrogen-bond donors (Lipinski definition) is 2. The quantitative estimate of drug-likeness (QED) is 0.801. The summed E-state index contributed by atoms with van der Waals surface area (Å²) in [5, 5.41) is 2.76. The Balaban J connectivity index is 1.93. The van der Waals surface area contributed by atoms with E-state index in [2.05, 4.69) is 10.3 Å². The number of aromatic nitrogens is 1. The van der Waals surface area contributed by atoms with Crippen molar-refractivity contribution in [1.29, 1.82) is 0 Å². The van der Waals surface area contributed by atoms with Gasteiger partial charge in [-0.2, -0.15) is 0 Å². The molecule has 2 rings (SSSR count). The van der Waals surface area contributed by atoms with E-state index in [1.807, 2.05) is 25.4 Å². The molecule has 1 amide bonds. The maximum Gasteiger partial charge on any atom is 0.287 e. The van der Waals surface area contributed by atoms with Crippen molar-refractivity contribution in [2.75, 3.05) is 0 Å². The highest BCUT2D eigenvalue weighted by molar-refractivity contribution is 5.91. The zero-order chi connectivity index (χ0) is 10.7. The van der Waals surface area contributed by atoms with Gasteiger partial charge in [0.25, 0.3) is 5.91 Å². The minimum absolute atomic E-state index is 0.190. The molecule has 0 fully saturated rings. The van der Waals surface area contributed by atoms with Crippen molar-refractivity contribution in [3.63, 3.8) is 0 Å². The lowest BCUT2D eigenvalue weighted by atomic mass is 10.3. The Morgan fingerprint density at radius 3 is 2.93 bits per heavy atom. The molecule has 0 aromatic carbocycles. The highest BCUT2D eigenvalue weighted by Gasteiger charge is 2.08. The van der Waals surface area contributed by atoms with Gasteiger partial charge in [-0.3, -0.25) is 4.79 Å². The molecule has 2 heterocycles. The van der Waals surface area contributed by atoms with Crippen LogP contribution in [0.1, 0.15) is 21.9 Å². The number of H-pyrrole nitrogens is 1. The summed E-state index contributed by atoms with van der Waals surface area (Å²) >= 11 is 0. The second-order valence-corrected chi connectivity index (χ2v) is 3.31. The molecule has 0 saturated heterocycles. The largest absolute Gasteiger partial charge is 0.456 e. The molecule has 78 valence electrons. The Morgan fingerprint density at radius 1 is 1.47 bits per heavy atom. The minimum Gasteiger partial charge on any atom is -0.456 e. The van der Waals surface area contributed by atoms with Crippen LogP contribution in [0.3, 0.4) is 0 Å². The summed E-state index contributed by atoms with van der Waals surface area (Å²) in [6.07, 6.45) is 3.66. The highest BCUT2D eigenvalue weighted by atomic mass is 16.3. The first-order valence-corrected chi connectivity index (χ1v) is 4.72. The molecule has 4 nitrogen and oxygen atoms in total. The number of hydrogen-bond acceptors (Lipinski definition) is 2. The van der Waals surface area contributed by atoms with Crippen LogP contribution in [0, 0.1) is 6.92 Å². The van der Waals surface area contributed by atoms with E-state index >= 15 is 0 Å². The number of rotatable bonds is 3. The van der Waals surface area contributed by atoms with Gasteiger partial charge in [0.2, 0.25) is 0 Å².